The first-order chi connectivity index (χ1) is 4.04. The van der Waals surface area contributed by atoms with Gasteiger partial charge in [0.15, 0.2) is 0 Å². The van der Waals surface area contributed by atoms with Gasteiger partial charge in [-0.25, -0.2) is 0 Å². The molecule has 6 nitrogen and oxygen atoms in total. The number of carboxylic acids is 2. The Hall–Kier alpha value is -0.374. The number of hydrogen-bond donors (Lipinski definition) is 2. The van der Waals surface area contributed by atoms with Crippen molar-refractivity contribution in [3.8, 4) is 0 Å². The number of aliphatic carboxylic acids is 2. The molecule has 0 heterocycles. The van der Waals surface area contributed by atoms with Crippen molar-refractivity contribution in [3.05, 3.63) is 0 Å². The van der Waals surface area contributed by atoms with Gasteiger partial charge in [-0.3, -0.25) is 4.79 Å². The second kappa shape index (κ2) is 7.73. The maximum absolute atomic E-state index is 9.74. The van der Waals surface area contributed by atoms with E-state index in [2.05, 4.69) is 0 Å². The van der Waals surface area contributed by atoms with Crippen LogP contribution in [0.4, 0.5) is 0 Å². The van der Waals surface area contributed by atoms with E-state index in [1.807, 2.05) is 0 Å². The SMILES string of the molecule is NC(CC(=O)O)C(=O)[O-].O.[Mg+2]. The quantitative estimate of drug-likeness (QED) is 0.425. The fourth-order valence-electron chi connectivity index (χ4n) is 0.271. The maximum Gasteiger partial charge on any atom is 2.00 e. The summed E-state index contributed by atoms with van der Waals surface area (Å²) in [5.74, 6) is -2.79. The number of rotatable bonds is 3. The second-order valence-electron chi connectivity index (χ2n) is 1.52. The summed E-state index contributed by atoms with van der Waals surface area (Å²) >= 11 is 0. The normalized spacial score (nSPS) is 10.3. The van der Waals surface area contributed by atoms with E-state index in [0.29, 0.717) is 0 Å². The first-order valence-electron chi connectivity index (χ1n) is 2.22. The molecule has 0 aliphatic heterocycles. The maximum atomic E-state index is 9.74. The molecular formula is C4H8MgNO5+. The third kappa shape index (κ3) is 9.63. The Balaban J connectivity index is -0.000000320. The van der Waals surface area contributed by atoms with Crippen molar-refractivity contribution in [2.45, 2.75) is 12.5 Å². The van der Waals surface area contributed by atoms with Gasteiger partial charge in [0.05, 0.1) is 18.4 Å². The first-order valence-corrected chi connectivity index (χ1v) is 2.22. The molecule has 0 fully saturated rings. The summed E-state index contributed by atoms with van der Waals surface area (Å²) in [6, 6.07) is -1.40. The Kier molecular flexibility index (Phi) is 11.9. The van der Waals surface area contributed by atoms with Crippen LogP contribution >= 0.6 is 0 Å². The van der Waals surface area contributed by atoms with Gasteiger partial charge in [0.2, 0.25) is 0 Å². The Morgan fingerprint density at radius 2 is 1.91 bits per heavy atom. The summed E-state index contributed by atoms with van der Waals surface area (Å²) in [7, 11) is 0. The van der Waals surface area contributed by atoms with Crippen LogP contribution in [0.1, 0.15) is 6.42 Å². The molecule has 0 bridgehead atoms. The van der Waals surface area contributed by atoms with Crippen molar-refractivity contribution >= 4 is 35.0 Å². The molecule has 0 aromatic rings. The predicted molar refractivity (Wildman–Crippen MR) is 34.6 cm³/mol. The van der Waals surface area contributed by atoms with E-state index in [-0.39, 0.29) is 28.5 Å². The smallest absolute Gasteiger partial charge is 0.548 e. The van der Waals surface area contributed by atoms with E-state index < -0.39 is 24.4 Å². The van der Waals surface area contributed by atoms with Crippen molar-refractivity contribution in [3.63, 3.8) is 0 Å². The van der Waals surface area contributed by atoms with E-state index in [1.54, 1.807) is 0 Å². The zero-order valence-electron chi connectivity index (χ0n) is 5.74. The largest absolute Gasteiger partial charge is 2.00 e. The molecule has 11 heavy (non-hydrogen) atoms. The van der Waals surface area contributed by atoms with Crippen molar-refractivity contribution in [1.82, 2.24) is 0 Å². The van der Waals surface area contributed by atoms with Crippen LogP contribution in [0.15, 0.2) is 0 Å². The molecule has 0 aromatic heterocycles. The van der Waals surface area contributed by atoms with Crippen molar-refractivity contribution in [1.29, 1.82) is 0 Å². The van der Waals surface area contributed by atoms with Crippen LogP contribution in [0.2, 0.25) is 0 Å². The molecule has 1 atom stereocenters. The van der Waals surface area contributed by atoms with E-state index in [0.717, 1.165) is 0 Å². The summed E-state index contributed by atoms with van der Waals surface area (Å²) < 4.78 is 0. The molecule has 60 valence electrons. The molecule has 7 heteroatoms. The molecule has 0 spiro atoms. The molecular weight excluding hydrogens is 166 g/mol. The Morgan fingerprint density at radius 1 is 1.55 bits per heavy atom. The van der Waals surface area contributed by atoms with Crippen LogP contribution in [0, 0.1) is 0 Å². The number of nitrogens with two attached hydrogens (primary N) is 1. The minimum absolute atomic E-state index is 0. The van der Waals surface area contributed by atoms with Crippen LogP contribution in [-0.4, -0.2) is 51.6 Å². The third-order valence-corrected chi connectivity index (χ3v) is 0.697. The average Bonchev–Trinajstić information content (AvgIpc) is 1.63. The Bertz CT molecular complexity index is 138. The molecule has 0 radical (unpaired) electrons. The van der Waals surface area contributed by atoms with Crippen LogP contribution in [-0.2, 0) is 9.59 Å². The van der Waals surface area contributed by atoms with Gasteiger partial charge in [-0.1, -0.05) is 0 Å². The fraction of sp³-hybridized carbons (Fsp3) is 0.500. The number of hydrogen-bond acceptors (Lipinski definition) is 4. The molecule has 0 saturated heterocycles. The van der Waals surface area contributed by atoms with Gasteiger partial charge < -0.3 is 26.2 Å². The van der Waals surface area contributed by atoms with Crippen LogP contribution in [0.25, 0.3) is 0 Å². The summed E-state index contributed by atoms with van der Waals surface area (Å²) in [6.07, 6.45) is -0.595. The topological polar surface area (TPSA) is 135 Å². The molecule has 1 unspecified atom stereocenters. The van der Waals surface area contributed by atoms with Gasteiger partial charge >= 0.3 is 29.0 Å². The minimum atomic E-state index is -1.54. The van der Waals surface area contributed by atoms with Gasteiger partial charge in [0.25, 0.3) is 0 Å². The van der Waals surface area contributed by atoms with Crippen LogP contribution in [0.5, 0.6) is 0 Å². The van der Waals surface area contributed by atoms with E-state index in [1.165, 1.54) is 0 Å². The summed E-state index contributed by atoms with van der Waals surface area (Å²) in [4.78, 5) is 19.5. The fourth-order valence-corrected chi connectivity index (χ4v) is 0.271. The molecule has 0 aliphatic rings. The number of carbonyl (C=O) groups excluding carboxylic acids is 1. The molecule has 0 aromatic carbocycles. The molecule has 0 saturated carbocycles. The van der Waals surface area contributed by atoms with E-state index in [4.69, 9.17) is 10.8 Å². The molecule has 0 rings (SSSR count). The van der Waals surface area contributed by atoms with Gasteiger partial charge in [0, 0.05) is 0 Å². The van der Waals surface area contributed by atoms with E-state index >= 15 is 0 Å². The number of carbonyl (C=O) groups is 2. The van der Waals surface area contributed by atoms with Gasteiger partial charge in [-0.15, -0.1) is 0 Å². The minimum Gasteiger partial charge on any atom is -0.548 e. The first kappa shape index (κ1) is 16.9. The number of carboxylic acid groups (broad SMARTS) is 2. The summed E-state index contributed by atoms with van der Waals surface area (Å²) in [5.41, 5.74) is 4.77. The average molecular weight is 174 g/mol. The van der Waals surface area contributed by atoms with Gasteiger partial charge in [-0.2, -0.15) is 0 Å². The van der Waals surface area contributed by atoms with Crippen molar-refractivity contribution < 1.29 is 25.3 Å². The standard InChI is InChI=1S/C4H7NO4.Mg.H2O/c5-2(4(8)9)1-3(6)7;;/h2H,1,5H2,(H,6,7)(H,8,9);;1H2/q;+2;/p-1. The van der Waals surface area contributed by atoms with Crippen molar-refractivity contribution in [2.24, 2.45) is 5.73 Å². The van der Waals surface area contributed by atoms with Gasteiger partial charge in [-0.05, 0) is 0 Å². The molecule has 0 aliphatic carbocycles. The third-order valence-electron chi connectivity index (χ3n) is 0.697. The Labute approximate surface area is 78.8 Å². The zero-order chi connectivity index (χ0) is 7.44. The van der Waals surface area contributed by atoms with Crippen molar-refractivity contribution in [2.75, 3.05) is 0 Å². The van der Waals surface area contributed by atoms with E-state index in [9.17, 15) is 14.7 Å². The summed E-state index contributed by atoms with van der Waals surface area (Å²) in [6.45, 7) is 0. The Morgan fingerprint density at radius 3 is 2.00 bits per heavy atom. The zero-order valence-corrected chi connectivity index (χ0v) is 7.16. The summed E-state index contributed by atoms with van der Waals surface area (Å²) in [5, 5.41) is 17.7. The second-order valence-corrected chi connectivity index (χ2v) is 1.52. The molecule has 5 N–H and O–H groups in total. The van der Waals surface area contributed by atoms with Gasteiger partial charge in [0.1, 0.15) is 0 Å². The van der Waals surface area contributed by atoms with Crippen LogP contribution in [0.3, 0.4) is 0 Å². The predicted octanol–water partition coefficient (Wildman–Crippen LogP) is -3.67. The molecule has 0 amide bonds. The van der Waals surface area contributed by atoms with Crippen LogP contribution < -0.4 is 10.8 Å². The monoisotopic (exact) mass is 174 g/mol.